The molecule has 0 N–H and O–H groups in total. The average Bonchev–Trinajstić information content (AvgIpc) is 3.36. The normalized spacial score (nSPS) is 13.1. The van der Waals surface area contributed by atoms with Crippen molar-refractivity contribution in [3.63, 3.8) is 0 Å². The van der Waals surface area contributed by atoms with Crippen LogP contribution in [0.3, 0.4) is 0 Å². The van der Waals surface area contributed by atoms with Gasteiger partial charge < -0.3 is 8.83 Å². The molecule has 3 aromatic rings. The molecular formula is C22H16O4. The number of hydrogen-bond acceptors (Lipinski definition) is 4. The van der Waals surface area contributed by atoms with E-state index in [1.807, 2.05) is 37.3 Å². The highest BCUT2D eigenvalue weighted by atomic mass is 16.3. The van der Waals surface area contributed by atoms with Gasteiger partial charge in [0.2, 0.25) is 11.6 Å². The quantitative estimate of drug-likeness (QED) is 0.292. The van der Waals surface area contributed by atoms with Crippen molar-refractivity contribution in [2.24, 2.45) is 0 Å². The molecule has 2 aromatic heterocycles. The maximum Gasteiger partial charge on any atom is 0.232 e. The lowest BCUT2D eigenvalue weighted by atomic mass is 9.83. The molecule has 128 valence electrons. The molecule has 0 saturated heterocycles. The van der Waals surface area contributed by atoms with E-state index in [4.69, 9.17) is 8.83 Å². The molecule has 2 heterocycles. The van der Waals surface area contributed by atoms with Crippen molar-refractivity contribution in [1.29, 1.82) is 0 Å². The number of furan rings is 2. The first-order valence-electron chi connectivity index (χ1n) is 8.31. The Hall–Kier alpha value is -3.40. The van der Waals surface area contributed by atoms with Gasteiger partial charge in [-0.25, -0.2) is 0 Å². The van der Waals surface area contributed by atoms with Gasteiger partial charge in [0.1, 0.15) is 0 Å². The molecule has 1 aliphatic rings. The molecule has 0 saturated carbocycles. The zero-order valence-corrected chi connectivity index (χ0v) is 14.2. The standard InChI is InChI=1S/C22H16O4/c1-14-12-15-6-2-3-7-16(15)13-17(14)20(21(23)18-8-4-10-25-18)22(24)19-9-5-11-26-19/h2-12H,13H2,1H3. The Balaban J connectivity index is 1.89. The highest BCUT2D eigenvalue weighted by Gasteiger charge is 2.30. The molecule has 0 radical (unpaired) electrons. The molecule has 0 aliphatic heterocycles. The molecule has 26 heavy (non-hydrogen) atoms. The average molecular weight is 344 g/mol. The summed E-state index contributed by atoms with van der Waals surface area (Å²) in [4.78, 5) is 26.1. The van der Waals surface area contributed by atoms with Crippen LogP contribution in [-0.2, 0) is 6.42 Å². The molecule has 0 fully saturated rings. The summed E-state index contributed by atoms with van der Waals surface area (Å²) in [6.07, 6.45) is 5.35. The second kappa shape index (κ2) is 6.48. The van der Waals surface area contributed by atoms with Crippen LogP contribution in [0.15, 0.2) is 86.6 Å². The van der Waals surface area contributed by atoms with Crippen LogP contribution in [0.25, 0.3) is 6.08 Å². The Labute approximate surface area is 150 Å². The van der Waals surface area contributed by atoms with Crippen LogP contribution in [0.1, 0.15) is 39.2 Å². The van der Waals surface area contributed by atoms with Gasteiger partial charge in [-0.15, -0.1) is 0 Å². The Morgan fingerprint density at radius 3 is 2.04 bits per heavy atom. The maximum atomic E-state index is 13.1. The Kier molecular flexibility index (Phi) is 4.01. The van der Waals surface area contributed by atoms with E-state index in [2.05, 4.69) is 0 Å². The molecule has 4 rings (SSSR count). The highest BCUT2D eigenvalue weighted by Crippen LogP contribution is 2.32. The number of rotatable bonds is 4. The van der Waals surface area contributed by atoms with Gasteiger partial charge in [-0.2, -0.15) is 0 Å². The van der Waals surface area contributed by atoms with Crippen molar-refractivity contribution in [3.05, 3.63) is 100 Å². The molecular weight excluding hydrogens is 328 g/mol. The molecule has 4 heteroatoms. The molecule has 0 unspecified atom stereocenters. The summed E-state index contributed by atoms with van der Waals surface area (Å²) in [6, 6.07) is 14.3. The first kappa shape index (κ1) is 16.1. The fourth-order valence-electron chi connectivity index (χ4n) is 3.21. The van der Waals surface area contributed by atoms with Crippen molar-refractivity contribution in [2.45, 2.75) is 13.3 Å². The SMILES string of the molecule is CC1=Cc2ccccc2CC1=C(C(=O)c1ccco1)C(=O)c1ccco1. The van der Waals surface area contributed by atoms with Crippen LogP contribution in [0.2, 0.25) is 0 Å². The summed E-state index contributed by atoms with van der Waals surface area (Å²) in [5, 5.41) is 0. The monoisotopic (exact) mass is 344 g/mol. The van der Waals surface area contributed by atoms with Gasteiger partial charge in [-0.1, -0.05) is 30.3 Å². The van der Waals surface area contributed by atoms with Crippen LogP contribution >= 0.6 is 0 Å². The number of hydrogen-bond donors (Lipinski definition) is 0. The summed E-state index contributed by atoms with van der Waals surface area (Å²) >= 11 is 0. The molecule has 1 aromatic carbocycles. The van der Waals surface area contributed by atoms with Crippen molar-refractivity contribution in [3.8, 4) is 0 Å². The van der Waals surface area contributed by atoms with Gasteiger partial charge in [0.15, 0.2) is 11.5 Å². The predicted molar refractivity (Wildman–Crippen MR) is 96.9 cm³/mol. The largest absolute Gasteiger partial charge is 0.461 e. The van der Waals surface area contributed by atoms with Gasteiger partial charge in [-0.05, 0) is 59.9 Å². The molecule has 1 aliphatic carbocycles. The van der Waals surface area contributed by atoms with Gasteiger partial charge in [0.25, 0.3) is 0 Å². The van der Waals surface area contributed by atoms with Gasteiger partial charge in [0.05, 0.1) is 18.1 Å². The number of fused-ring (bicyclic) bond motifs is 1. The summed E-state index contributed by atoms with van der Waals surface area (Å²) in [5.41, 5.74) is 3.86. The lowest BCUT2D eigenvalue weighted by Crippen LogP contribution is -2.18. The van der Waals surface area contributed by atoms with Crippen molar-refractivity contribution in [2.75, 3.05) is 0 Å². The van der Waals surface area contributed by atoms with Gasteiger partial charge >= 0.3 is 0 Å². The van der Waals surface area contributed by atoms with E-state index in [1.54, 1.807) is 24.3 Å². The smallest absolute Gasteiger partial charge is 0.232 e. The summed E-state index contributed by atoms with van der Waals surface area (Å²) in [5.74, 6) is -0.588. The number of ketones is 2. The summed E-state index contributed by atoms with van der Waals surface area (Å²) < 4.78 is 10.5. The minimum atomic E-state index is -0.432. The lowest BCUT2D eigenvalue weighted by molar-refractivity contribution is 0.0932. The molecule has 0 bridgehead atoms. The Morgan fingerprint density at radius 2 is 1.46 bits per heavy atom. The van der Waals surface area contributed by atoms with E-state index in [-0.39, 0.29) is 17.1 Å². The first-order chi connectivity index (χ1) is 12.6. The zero-order valence-electron chi connectivity index (χ0n) is 14.2. The van der Waals surface area contributed by atoms with Crippen molar-refractivity contribution in [1.82, 2.24) is 0 Å². The minimum absolute atomic E-state index is 0.0955. The summed E-state index contributed by atoms with van der Waals surface area (Å²) in [7, 11) is 0. The molecule has 0 amide bonds. The molecule has 4 nitrogen and oxygen atoms in total. The lowest BCUT2D eigenvalue weighted by Gasteiger charge is -2.20. The fraction of sp³-hybridized carbons (Fsp3) is 0.0909. The molecule has 0 spiro atoms. The highest BCUT2D eigenvalue weighted by molar-refractivity contribution is 6.30. The third-order valence-electron chi connectivity index (χ3n) is 4.52. The second-order valence-electron chi connectivity index (χ2n) is 6.17. The Bertz CT molecular complexity index is 984. The van der Waals surface area contributed by atoms with E-state index in [0.29, 0.717) is 12.0 Å². The maximum absolute atomic E-state index is 13.1. The van der Waals surface area contributed by atoms with Gasteiger partial charge in [0, 0.05) is 0 Å². The molecule has 0 atom stereocenters. The van der Waals surface area contributed by atoms with E-state index in [9.17, 15) is 9.59 Å². The van der Waals surface area contributed by atoms with Crippen LogP contribution in [0, 0.1) is 0 Å². The van der Waals surface area contributed by atoms with E-state index >= 15 is 0 Å². The van der Waals surface area contributed by atoms with E-state index < -0.39 is 11.6 Å². The minimum Gasteiger partial charge on any atom is -0.461 e. The van der Waals surface area contributed by atoms with E-state index in [0.717, 1.165) is 16.7 Å². The first-order valence-corrected chi connectivity index (χ1v) is 8.31. The number of carbonyl (C=O) groups is 2. The van der Waals surface area contributed by atoms with Crippen LogP contribution in [0.4, 0.5) is 0 Å². The topological polar surface area (TPSA) is 60.4 Å². The number of benzene rings is 1. The number of carbonyl (C=O) groups excluding carboxylic acids is 2. The zero-order chi connectivity index (χ0) is 18.1. The fourth-order valence-corrected chi connectivity index (χ4v) is 3.21. The number of Topliss-reactive ketones (excluding diaryl/α,β-unsaturated/α-hetero) is 2. The van der Waals surface area contributed by atoms with Crippen molar-refractivity contribution >= 4 is 17.6 Å². The van der Waals surface area contributed by atoms with Gasteiger partial charge in [-0.3, -0.25) is 9.59 Å². The third kappa shape index (κ3) is 2.75. The van der Waals surface area contributed by atoms with Crippen molar-refractivity contribution < 1.29 is 18.4 Å². The Morgan fingerprint density at radius 1 is 0.846 bits per heavy atom. The van der Waals surface area contributed by atoms with Crippen LogP contribution < -0.4 is 0 Å². The van der Waals surface area contributed by atoms with E-state index in [1.165, 1.54) is 12.5 Å². The second-order valence-corrected chi connectivity index (χ2v) is 6.17. The van der Waals surface area contributed by atoms with Crippen LogP contribution in [0.5, 0.6) is 0 Å². The summed E-state index contributed by atoms with van der Waals surface area (Å²) in [6.45, 7) is 1.91. The third-order valence-corrected chi connectivity index (χ3v) is 4.52. The number of allylic oxidation sites excluding steroid dienone is 3. The predicted octanol–water partition coefficient (Wildman–Crippen LogP) is 4.89. The van der Waals surface area contributed by atoms with Crippen LogP contribution in [-0.4, -0.2) is 11.6 Å².